The summed E-state index contributed by atoms with van der Waals surface area (Å²) in [4.78, 5) is 28.7. The third kappa shape index (κ3) is 8.93. The van der Waals surface area contributed by atoms with E-state index in [1.54, 1.807) is 18.6 Å². The van der Waals surface area contributed by atoms with Crippen LogP contribution in [-0.4, -0.2) is 50.1 Å². The van der Waals surface area contributed by atoms with Crippen LogP contribution in [-0.2, 0) is 16.0 Å². The fraction of sp³-hybridized carbons (Fsp3) is 0.400. The van der Waals surface area contributed by atoms with Crippen molar-refractivity contribution in [1.29, 1.82) is 0 Å². The van der Waals surface area contributed by atoms with Crippen LogP contribution in [0.5, 0.6) is 0 Å². The Bertz CT molecular complexity index is 653. The number of halogens is 2. The van der Waals surface area contributed by atoms with Crippen LogP contribution in [0.15, 0.2) is 22.9 Å². The minimum absolute atomic E-state index is 0. The Morgan fingerprint density at radius 2 is 2.00 bits per heavy atom. The largest absolute Gasteiger partial charge is 0.383 e. The molecule has 0 aliphatic heterocycles. The molecule has 0 fully saturated rings. The van der Waals surface area contributed by atoms with Gasteiger partial charge in [-0.25, -0.2) is 4.98 Å². The van der Waals surface area contributed by atoms with E-state index in [4.69, 9.17) is 4.74 Å². The van der Waals surface area contributed by atoms with E-state index in [2.05, 4.69) is 20.9 Å². The fourth-order valence-electron chi connectivity index (χ4n) is 1.83. The van der Waals surface area contributed by atoms with Crippen LogP contribution in [0.1, 0.15) is 15.4 Å². The number of thiazole rings is 1. The first-order chi connectivity index (χ1) is 11.7. The van der Waals surface area contributed by atoms with Gasteiger partial charge in [-0.2, -0.15) is 0 Å². The maximum absolute atomic E-state index is 11.9. The van der Waals surface area contributed by atoms with Crippen LogP contribution in [0.4, 0.5) is 5.13 Å². The Morgan fingerprint density at radius 1 is 1.19 bits per heavy atom. The zero-order valence-corrected chi connectivity index (χ0v) is 17.4. The summed E-state index contributed by atoms with van der Waals surface area (Å²) in [6, 6.07) is 3.57. The average molecular weight is 441 g/mol. The van der Waals surface area contributed by atoms with E-state index < -0.39 is 0 Å². The number of methoxy groups -OCH3 is 1. The molecule has 11 heteroatoms. The Kier molecular flexibility index (Phi) is 13.2. The highest BCUT2D eigenvalue weighted by molar-refractivity contribution is 7.14. The number of hydrogen-bond donors (Lipinski definition) is 3. The first-order valence-electron chi connectivity index (χ1n) is 7.44. The number of carbonyl (C=O) groups is 2. The molecule has 2 aromatic heterocycles. The summed E-state index contributed by atoms with van der Waals surface area (Å²) < 4.78 is 4.92. The molecule has 7 nitrogen and oxygen atoms in total. The van der Waals surface area contributed by atoms with E-state index in [0.717, 1.165) is 6.54 Å². The van der Waals surface area contributed by atoms with Crippen LogP contribution >= 0.6 is 47.5 Å². The maximum atomic E-state index is 11.9. The molecule has 0 atom stereocenters. The number of nitrogens with one attached hydrogen (secondary N) is 3. The lowest BCUT2D eigenvalue weighted by Crippen LogP contribution is -2.33. The number of aromatic nitrogens is 1. The van der Waals surface area contributed by atoms with Gasteiger partial charge in [-0.3, -0.25) is 14.9 Å². The topological polar surface area (TPSA) is 92.4 Å². The lowest BCUT2D eigenvalue weighted by Gasteiger charge is -2.05. The van der Waals surface area contributed by atoms with Gasteiger partial charge in [-0.05, 0) is 11.4 Å². The van der Waals surface area contributed by atoms with Gasteiger partial charge in [0.2, 0.25) is 5.91 Å². The van der Waals surface area contributed by atoms with Crippen LogP contribution in [0.25, 0.3) is 0 Å². The second-order valence-electron chi connectivity index (χ2n) is 4.84. The summed E-state index contributed by atoms with van der Waals surface area (Å²) in [5, 5.41) is 12.8. The van der Waals surface area contributed by atoms with E-state index in [-0.39, 0.29) is 43.0 Å². The lowest BCUT2D eigenvalue weighted by atomic mass is 10.3. The molecule has 0 saturated carbocycles. The van der Waals surface area contributed by atoms with E-state index in [1.807, 2.05) is 11.4 Å². The molecule has 2 rings (SSSR count). The van der Waals surface area contributed by atoms with Gasteiger partial charge in [0.25, 0.3) is 5.91 Å². The van der Waals surface area contributed by atoms with Gasteiger partial charge in [0.15, 0.2) is 5.13 Å². The molecule has 0 bridgehead atoms. The van der Waals surface area contributed by atoms with Crippen LogP contribution in [0.2, 0.25) is 0 Å². The molecule has 0 aliphatic rings. The monoisotopic (exact) mass is 440 g/mol. The predicted molar refractivity (Wildman–Crippen MR) is 110 cm³/mol. The standard InChI is InChI=1S/C15H20N4O3S2.2ClH/c1-22-7-6-16-4-5-17-13(20)9-11-10-24-15(18-11)19-14(21)12-3-2-8-23-12;;/h2-3,8,10,16H,4-7,9H2,1H3,(H,17,20)(H,18,19,21);2*1H. The summed E-state index contributed by atoms with van der Waals surface area (Å²) >= 11 is 2.68. The first kappa shape index (κ1) is 24.8. The molecule has 0 aliphatic carbocycles. The number of ether oxygens (including phenoxy) is 1. The van der Waals surface area contributed by atoms with Crippen LogP contribution in [0.3, 0.4) is 0 Å². The van der Waals surface area contributed by atoms with Crippen LogP contribution in [0, 0.1) is 0 Å². The van der Waals surface area contributed by atoms with Gasteiger partial charge in [-0.1, -0.05) is 6.07 Å². The van der Waals surface area contributed by atoms with E-state index in [1.165, 1.54) is 22.7 Å². The molecule has 2 heterocycles. The molecule has 0 radical (unpaired) electrons. The van der Waals surface area contributed by atoms with Crippen molar-refractivity contribution in [1.82, 2.24) is 15.6 Å². The molecule has 0 unspecified atom stereocenters. The number of anilines is 1. The van der Waals surface area contributed by atoms with Crippen molar-refractivity contribution in [2.24, 2.45) is 0 Å². The third-order valence-electron chi connectivity index (χ3n) is 2.97. The summed E-state index contributed by atoms with van der Waals surface area (Å²) in [5.41, 5.74) is 0.645. The summed E-state index contributed by atoms with van der Waals surface area (Å²) in [6.45, 7) is 2.64. The van der Waals surface area contributed by atoms with E-state index >= 15 is 0 Å². The summed E-state index contributed by atoms with van der Waals surface area (Å²) in [6.07, 6.45) is 0.198. The highest BCUT2D eigenvalue weighted by Gasteiger charge is 2.11. The Morgan fingerprint density at radius 3 is 2.69 bits per heavy atom. The zero-order chi connectivity index (χ0) is 17.2. The van der Waals surface area contributed by atoms with E-state index in [0.29, 0.717) is 35.4 Å². The molecule has 26 heavy (non-hydrogen) atoms. The summed E-state index contributed by atoms with van der Waals surface area (Å²) in [7, 11) is 1.65. The number of thiophene rings is 1. The van der Waals surface area contributed by atoms with Crippen molar-refractivity contribution in [2.75, 3.05) is 38.7 Å². The molecule has 0 aromatic carbocycles. The van der Waals surface area contributed by atoms with Crippen molar-refractivity contribution in [3.63, 3.8) is 0 Å². The lowest BCUT2D eigenvalue weighted by molar-refractivity contribution is -0.120. The number of hydrogen-bond acceptors (Lipinski definition) is 7. The molecular formula is C15H22Cl2N4O3S2. The third-order valence-corrected chi connectivity index (χ3v) is 4.64. The number of nitrogens with zero attached hydrogens (tertiary/aromatic N) is 1. The predicted octanol–water partition coefficient (Wildman–Crippen LogP) is 2.20. The molecule has 2 amide bonds. The number of amides is 2. The molecule has 146 valence electrons. The second-order valence-corrected chi connectivity index (χ2v) is 6.65. The highest BCUT2D eigenvalue weighted by atomic mass is 35.5. The fourth-order valence-corrected chi connectivity index (χ4v) is 3.15. The van der Waals surface area contributed by atoms with Crippen molar-refractivity contribution in [3.05, 3.63) is 33.5 Å². The van der Waals surface area contributed by atoms with Gasteiger partial charge in [0.05, 0.1) is 23.6 Å². The van der Waals surface area contributed by atoms with Crippen LogP contribution < -0.4 is 16.0 Å². The molecular weight excluding hydrogens is 419 g/mol. The van der Waals surface area contributed by atoms with Crippen molar-refractivity contribution in [3.8, 4) is 0 Å². The Labute approximate surface area is 172 Å². The molecule has 3 N–H and O–H groups in total. The second kappa shape index (κ2) is 13.9. The number of carbonyl (C=O) groups excluding carboxylic acids is 2. The summed E-state index contributed by atoms with van der Waals surface area (Å²) in [5.74, 6) is -0.276. The van der Waals surface area contributed by atoms with Gasteiger partial charge < -0.3 is 15.4 Å². The van der Waals surface area contributed by atoms with Gasteiger partial charge in [0.1, 0.15) is 0 Å². The SMILES string of the molecule is COCCNCCNC(=O)Cc1csc(NC(=O)c2cccs2)n1.Cl.Cl. The molecule has 0 saturated heterocycles. The maximum Gasteiger partial charge on any atom is 0.267 e. The zero-order valence-electron chi connectivity index (χ0n) is 14.1. The van der Waals surface area contributed by atoms with E-state index in [9.17, 15) is 9.59 Å². The number of rotatable bonds is 10. The first-order valence-corrected chi connectivity index (χ1v) is 9.20. The van der Waals surface area contributed by atoms with Gasteiger partial charge in [-0.15, -0.1) is 47.5 Å². The Hall–Kier alpha value is -1.23. The van der Waals surface area contributed by atoms with Crippen molar-refractivity contribution >= 4 is 64.4 Å². The van der Waals surface area contributed by atoms with Gasteiger partial charge in [0, 0.05) is 32.1 Å². The normalized spacial score (nSPS) is 9.73. The quantitative estimate of drug-likeness (QED) is 0.492. The minimum atomic E-state index is -0.183. The average Bonchev–Trinajstić information content (AvgIpc) is 3.23. The molecule has 0 spiro atoms. The molecule has 2 aromatic rings. The van der Waals surface area contributed by atoms with Gasteiger partial charge >= 0.3 is 0 Å². The van der Waals surface area contributed by atoms with Crippen molar-refractivity contribution in [2.45, 2.75) is 6.42 Å². The Balaban J connectivity index is 0.00000312. The highest BCUT2D eigenvalue weighted by Crippen LogP contribution is 2.18. The minimum Gasteiger partial charge on any atom is -0.383 e. The smallest absolute Gasteiger partial charge is 0.267 e. The van der Waals surface area contributed by atoms with Crippen molar-refractivity contribution < 1.29 is 14.3 Å².